The fourth-order valence-electron chi connectivity index (χ4n) is 1.79. The molecule has 0 rings (SSSR count). The molecule has 4 nitrogen and oxygen atoms in total. The predicted octanol–water partition coefficient (Wildman–Crippen LogP) is 5.42. The Hall–Kier alpha value is -2.62. The maximum atomic E-state index is 12.7. The van der Waals surface area contributed by atoms with E-state index in [9.17, 15) is 9.59 Å². The third kappa shape index (κ3) is 6.03. The first-order valence-electron chi connectivity index (χ1n) is 8.43. The van der Waals surface area contributed by atoms with E-state index < -0.39 is 22.8 Å². The van der Waals surface area contributed by atoms with E-state index in [0.717, 1.165) is 0 Å². The minimum absolute atomic E-state index is 0.353. The lowest BCUT2D eigenvalue weighted by Gasteiger charge is -2.37. The van der Waals surface area contributed by atoms with Crippen LogP contribution in [-0.2, 0) is 19.1 Å². The molecule has 0 unspecified atom stereocenters. The lowest BCUT2D eigenvalue weighted by atomic mass is 9.68. The number of esters is 2. The second kappa shape index (κ2) is 10.4. The van der Waals surface area contributed by atoms with E-state index in [-0.39, 0.29) is 0 Å². The van der Waals surface area contributed by atoms with Crippen LogP contribution in [-0.4, -0.2) is 11.9 Å². The van der Waals surface area contributed by atoms with Crippen LogP contribution in [0.2, 0.25) is 0 Å². The quantitative estimate of drug-likeness (QED) is 0.314. The maximum Gasteiger partial charge on any atom is 0.318 e. The van der Waals surface area contributed by atoms with Crippen LogP contribution in [0.15, 0.2) is 73.3 Å². The Kier molecular flexibility index (Phi) is 9.34. The molecule has 0 aromatic carbocycles. The highest BCUT2D eigenvalue weighted by Gasteiger charge is 2.51. The molecule has 142 valence electrons. The van der Waals surface area contributed by atoms with Gasteiger partial charge in [0.15, 0.2) is 0 Å². The zero-order valence-electron chi connectivity index (χ0n) is 16.7. The van der Waals surface area contributed by atoms with Gasteiger partial charge in [-0.15, -0.1) is 0 Å². The third-order valence-corrected chi connectivity index (χ3v) is 4.23. The summed E-state index contributed by atoms with van der Waals surface area (Å²) in [6.07, 6.45) is 13.0. The Bertz CT molecular complexity index is 598. The standard InChI is InChI=1S/C22H30O4/c1-9-13-17(14-10-2)25-19(23)21(5,6)22(7,8)20(24)26-18(15-11-3)16-12-4/h9-16H,1,3H2,2,4-8H3/b14-10-,16-12-,17-13+,18-15+. The largest absolute Gasteiger partial charge is 0.426 e. The van der Waals surface area contributed by atoms with Crippen molar-refractivity contribution in [3.05, 3.63) is 73.3 Å². The van der Waals surface area contributed by atoms with Crippen molar-refractivity contribution in [3.63, 3.8) is 0 Å². The monoisotopic (exact) mass is 358 g/mol. The van der Waals surface area contributed by atoms with E-state index in [0.29, 0.717) is 11.5 Å². The van der Waals surface area contributed by atoms with Crippen molar-refractivity contribution in [2.45, 2.75) is 41.5 Å². The van der Waals surface area contributed by atoms with Gasteiger partial charge in [0, 0.05) is 0 Å². The molecule has 0 fully saturated rings. The molecule has 0 aromatic heterocycles. The Balaban J connectivity index is 5.58. The van der Waals surface area contributed by atoms with Crippen LogP contribution in [0.1, 0.15) is 41.5 Å². The summed E-state index contributed by atoms with van der Waals surface area (Å²) in [7, 11) is 0. The second-order valence-corrected chi connectivity index (χ2v) is 6.64. The highest BCUT2D eigenvalue weighted by atomic mass is 16.5. The van der Waals surface area contributed by atoms with Gasteiger partial charge in [0.1, 0.15) is 11.5 Å². The molecule has 0 aliphatic carbocycles. The molecule has 0 saturated heterocycles. The fraction of sp³-hybridized carbons (Fsp3) is 0.364. The lowest BCUT2D eigenvalue weighted by Crippen LogP contribution is -2.46. The van der Waals surface area contributed by atoms with E-state index in [1.165, 1.54) is 12.2 Å². The van der Waals surface area contributed by atoms with Gasteiger partial charge in [-0.25, -0.2) is 0 Å². The number of ether oxygens (including phenoxy) is 2. The predicted molar refractivity (Wildman–Crippen MR) is 106 cm³/mol. The number of hydrogen-bond acceptors (Lipinski definition) is 4. The molecule has 0 bridgehead atoms. The normalized spacial score (nSPS) is 13.8. The van der Waals surface area contributed by atoms with Crippen molar-refractivity contribution in [2.24, 2.45) is 10.8 Å². The minimum atomic E-state index is -1.14. The molecular formula is C22H30O4. The van der Waals surface area contributed by atoms with Crippen LogP contribution in [0, 0.1) is 10.8 Å². The van der Waals surface area contributed by atoms with Crippen molar-refractivity contribution in [2.75, 3.05) is 0 Å². The van der Waals surface area contributed by atoms with E-state index in [1.54, 1.807) is 64.2 Å². The van der Waals surface area contributed by atoms with Gasteiger partial charge in [0.25, 0.3) is 0 Å². The summed E-state index contributed by atoms with van der Waals surface area (Å²) in [5.74, 6) is -0.367. The van der Waals surface area contributed by atoms with Crippen molar-refractivity contribution in [1.82, 2.24) is 0 Å². The van der Waals surface area contributed by atoms with Crippen LogP contribution in [0.5, 0.6) is 0 Å². The zero-order chi connectivity index (χ0) is 20.4. The molecule has 0 radical (unpaired) electrons. The van der Waals surface area contributed by atoms with E-state index >= 15 is 0 Å². The summed E-state index contributed by atoms with van der Waals surface area (Å²) in [5, 5.41) is 0. The summed E-state index contributed by atoms with van der Waals surface area (Å²) in [4.78, 5) is 25.5. The van der Waals surface area contributed by atoms with Gasteiger partial charge in [-0.2, -0.15) is 0 Å². The minimum Gasteiger partial charge on any atom is -0.426 e. The summed E-state index contributed by atoms with van der Waals surface area (Å²) >= 11 is 0. The van der Waals surface area contributed by atoms with Crippen molar-refractivity contribution in [1.29, 1.82) is 0 Å². The molecule has 0 aliphatic heterocycles. The molecular weight excluding hydrogens is 328 g/mol. The van der Waals surface area contributed by atoms with Crippen LogP contribution in [0.4, 0.5) is 0 Å². The molecule has 0 N–H and O–H groups in total. The topological polar surface area (TPSA) is 52.6 Å². The third-order valence-electron chi connectivity index (χ3n) is 4.23. The number of hydrogen-bond donors (Lipinski definition) is 0. The number of rotatable bonds is 9. The van der Waals surface area contributed by atoms with Crippen molar-refractivity contribution in [3.8, 4) is 0 Å². The van der Waals surface area contributed by atoms with Gasteiger partial charge in [0.2, 0.25) is 0 Å². The molecule has 0 atom stereocenters. The second-order valence-electron chi connectivity index (χ2n) is 6.64. The zero-order valence-corrected chi connectivity index (χ0v) is 16.7. The molecule has 26 heavy (non-hydrogen) atoms. The van der Waals surface area contributed by atoms with E-state index in [1.807, 2.05) is 13.8 Å². The smallest absolute Gasteiger partial charge is 0.318 e. The fourth-order valence-corrected chi connectivity index (χ4v) is 1.79. The van der Waals surface area contributed by atoms with Crippen LogP contribution in [0.25, 0.3) is 0 Å². The van der Waals surface area contributed by atoms with Crippen LogP contribution < -0.4 is 0 Å². The molecule has 4 heteroatoms. The number of carbonyl (C=O) groups excluding carboxylic acids is 2. The van der Waals surface area contributed by atoms with Gasteiger partial charge in [-0.05, 0) is 65.8 Å². The van der Waals surface area contributed by atoms with E-state index in [2.05, 4.69) is 13.2 Å². The number of carbonyl (C=O) groups is 2. The summed E-state index contributed by atoms with van der Waals surface area (Å²) < 4.78 is 10.9. The SMILES string of the molecule is C=C/C=C(\C=C/C)OC(=O)C(C)(C)C(C)(C)C(=O)OC(/C=C\C)=C/C=C. The first kappa shape index (κ1) is 23.4. The average molecular weight is 358 g/mol. The molecule has 0 aromatic rings. The van der Waals surface area contributed by atoms with E-state index in [4.69, 9.17) is 9.47 Å². The Morgan fingerprint density at radius 1 is 0.731 bits per heavy atom. The maximum absolute atomic E-state index is 12.7. The molecule has 0 amide bonds. The van der Waals surface area contributed by atoms with Gasteiger partial charge >= 0.3 is 11.9 Å². The van der Waals surface area contributed by atoms with Crippen molar-refractivity contribution < 1.29 is 19.1 Å². The van der Waals surface area contributed by atoms with Gasteiger partial charge in [0.05, 0.1) is 10.8 Å². The summed E-state index contributed by atoms with van der Waals surface area (Å²) in [6.45, 7) is 17.5. The van der Waals surface area contributed by atoms with Gasteiger partial charge < -0.3 is 9.47 Å². The molecule has 0 aliphatic rings. The number of allylic oxidation sites excluding steroid dienone is 8. The van der Waals surface area contributed by atoms with Crippen LogP contribution in [0.3, 0.4) is 0 Å². The first-order chi connectivity index (χ1) is 12.1. The Morgan fingerprint density at radius 2 is 1.04 bits per heavy atom. The Labute approximate surface area is 157 Å². The van der Waals surface area contributed by atoms with Crippen LogP contribution >= 0.6 is 0 Å². The molecule has 0 heterocycles. The average Bonchev–Trinajstić information content (AvgIpc) is 2.55. The Morgan fingerprint density at radius 3 is 1.27 bits per heavy atom. The summed E-state index contributed by atoms with van der Waals surface area (Å²) in [6, 6.07) is 0. The summed E-state index contributed by atoms with van der Waals surface area (Å²) in [5.41, 5.74) is -2.28. The van der Waals surface area contributed by atoms with Crippen molar-refractivity contribution >= 4 is 11.9 Å². The molecule has 0 saturated carbocycles. The highest BCUT2D eigenvalue weighted by Crippen LogP contribution is 2.41. The highest BCUT2D eigenvalue weighted by molar-refractivity contribution is 5.88. The molecule has 0 spiro atoms. The first-order valence-corrected chi connectivity index (χ1v) is 8.43. The van der Waals surface area contributed by atoms with Gasteiger partial charge in [-0.1, -0.05) is 37.5 Å². The lowest BCUT2D eigenvalue weighted by molar-refractivity contribution is -0.170. The van der Waals surface area contributed by atoms with Gasteiger partial charge in [-0.3, -0.25) is 9.59 Å².